The fraction of sp³-hybridized carbons (Fsp3) is 0.500. The number of ether oxygens (including phenoxy) is 1. The summed E-state index contributed by atoms with van der Waals surface area (Å²) in [6, 6.07) is 5.08. The molecule has 18 heavy (non-hydrogen) atoms. The molecule has 0 bridgehead atoms. The normalized spacial score (nSPS) is 11.5. The first kappa shape index (κ1) is 14.9. The van der Waals surface area contributed by atoms with Crippen LogP contribution in [0.25, 0.3) is 0 Å². The highest BCUT2D eigenvalue weighted by molar-refractivity contribution is 7.89. The van der Waals surface area contributed by atoms with Crippen LogP contribution in [-0.4, -0.2) is 29.1 Å². The van der Waals surface area contributed by atoms with Gasteiger partial charge in [-0.1, -0.05) is 13.0 Å². The van der Waals surface area contributed by atoms with Crippen molar-refractivity contribution in [2.45, 2.75) is 24.8 Å². The van der Waals surface area contributed by atoms with Crippen molar-refractivity contribution in [2.24, 2.45) is 0 Å². The zero-order valence-corrected chi connectivity index (χ0v) is 11.8. The summed E-state index contributed by atoms with van der Waals surface area (Å²) in [5.41, 5.74) is 0.976. The van der Waals surface area contributed by atoms with Crippen LogP contribution in [0.4, 0.5) is 0 Å². The largest absolute Gasteiger partial charge is 0.495 e. The van der Waals surface area contributed by atoms with Crippen LogP contribution in [0.3, 0.4) is 0 Å². The van der Waals surface area contributed by atoms with Gasteiger partial charge in [-0.05, 0) is 31.2 Å². The molecule has 0 saturated carbocycles. The van der Waals surface area contributed by atoms with Crippen molar-refractivity contribution in [2.75, 3.05) is 20.7 Å². The molecule has 6 heteroatoms. The van der Waals surface area contributed by atoms with Gasteiger partial charge in [-0.3, -0.25) is 0 Å². The number of hydrogen-bond acceptors (Lipinski definition) is 4. The van der Waals surface area contributed by atoms with Crippen LogP contribution in [-0.2, 0) is 16.6 Å². The maximum absolute atomic E-state index is 12.0. The minimum Gasteiger partial charge on any atom is -0.495 e. The van der Waals surface area contributed by atoms with E-state index in [1.807, 2.05) is 14.0 Å². The van der Waals surface area contributed by atoms with Gasteiger partial charge in [0.1, 0.15) is 10.6 Å². The lowest BCUT2D eigenvalue weighted by atomic mass is 10.2. The van der Waals surface area contributed by atoms with Gasteiger partial charge in [-0.25, -0.2) is 13.1 Å². The number of sulfonamides is 1. The Morgan fingerprint density at radius 3 is 2.61 bits per heavy atom. The molecular formula is C12H20N2O3S. The molecule has 0 amide bonds. The highest BCUT2D eigenvalue weighted by Gasteiger charge is 2.18. The quantitative estimate of drug-likeness (QED) is 0.780. The second-order valence-corrected chi connectivity index (χ2v) is 5.65. The fourth-order valence-electron chi connectivity index (χ4n) is 1.56. The van der Waals surface area contributed by atoms with Gasteiger partial charge in [0.15, 0.2) is 0 Å². The van der Waals surface area contributed by atoms with Gasteiger partial charge in [-0.15, -0.1) is 0 Å². The number of benzene rings is 1. The molecule has 0 radical (unpaired) electrons. The average molecular weight is 272 g/mol. The summed E-state index contributed by atoms with van der Waals surface area (Å²) in [4.78, 5) is 0.179. The highest BCUT2D eigenvalue weighted by Crippen LogP contribution is 2.24. The molecule has 0 unspecified atom stereocenters. The van der Waals surface area contributed by atoms with E-state index in [4.69, 9.17) is 4.74 Å². The molecule has 0 saturated heterocycles. The maximum atomic E-state index is 12.0. The number of hydrogen-bond donors (Lipinski definition) is 2. The molecule has 102 valence electrons. The van der Waals surface area contributed by atoms with E-state index in [2.05, 4.69) is 10.0 Å². The molecule has 0 aliphatic carbocycles. The summed E-state index contributed by atoms with van der Waals surface area (Å²) in [5.74, 6) is 0.367. The van der Waals surface area contributed by atoms with Crippen LogP contribution < -0.4 is 14.8 Å². The van der Waals surface area contributed by atoms with E-state index < -0.39 is 10.0 Å². The molecule has 0 atom stereocenters. The minimum absolute atomic E-state index is 0.179. The SMILES string of the molecule is CCCNS(=O)(=O)c1ccc(CNC)cc1OC. The first-order valence-corrected chi connectivity index (χ1v) is 7.34. The Bertz CT molecular complexity index is 486. The lowest BCUT2D eigenvalue weighted by Gasteiger charge is -2.11. The first-order valence-electron chi connectivity index (χ1n) is 5.86. The van der Waals surface area contributed by atoms with Crippen LogP contribution >= 0.6 is 0 Å². The van der Waals surface area contributed by atoms with Crippen LogP contribution in [0.15, 0.2) is 23.1 Å². The van der Waals surface area contributed by atoms with E-state index in [1.54, 1.807) is 18.2 Å². The Balaban J connectivity index is 3.08. The fourth-order valence-corrected chi connectivity index (χ4v) is 2.84. The molecule has 0 aliphatic heterocycles. The lowest BCUT2D eigenvalue weighted by molar-refractivity contribution is 0.401. The van der Waals surface area contributed by atoms with E-state index in [0.717, 1.165) is 12.0 Å². The van der Waals surface area contributed by atoms with Gasteiger partial charge in [0.2, 0.25) is 10.0 Å². The molecule has 1 aromatic rings. The van der Waals surface area contributed by atoms with Gasteiger partial charge >= 0.3 is 0 Å². The van der Waals surface area contributed by atoms with E-state index >= 15 is 0 Å². The molecule has 2 N–H and O–H groups in total. The standard InChI is InChI=1S/C12H20N2O3S/c1-4-7-14-18(15,16)12-6-5-10(9-13-2)8-11(12)17-3/h5-6,8,13-14H,4,7,9H2,1-3H3. The zero-order valence-electron chi connectivity index (χ0n) is 11.0. The van der Waals surface area contributed by atoms with Crippen LogP contribution in [0.5, 0.6) is 5.75 Å². The van der Waals surface area contributed by atoms with Gasteiger partial charge in [0.25, 0.3) is 0 Å². The van der Waals surface area contributed by atoms with E-state index in [1.165, 1.54) is 7.11 Å². The summed E-state index contributed by atoms with van der Waals surface area (Å²) in [6.45, 7) is 3.00. The van der Waals surface area contributed by atoms with Crippen molar-refractivity contribution in [1.29, 1.82) is 0 Å². The summed E-state index contributed by atoms with van der Waals surface area (Å²) in [7, 11) is -0.189. The predicted octanol–water partition coefficient (Wildman–Crippen LogP) is 1.10. The van der Waals surface area contributed by atoms with Crippen molar-refractivity contribution in [3.8, 4) is 5.75 Å². The number of methoxy groups -OCH3 is 1. The number of rotatable bonds is 7. The minimum atomic E-state index is -3.49. The predicted molar refractivity (Wildman–Crippen MR) is 71.2 cm³/mol. The Labute approximate surface area is 109 Å². The summed E-state index contributed by atoms with van der Waals surface area (Å²) in [5, 5.41) is 3.01. The lowest BCUT2D eigenvalue weighted by Crippen LogP contribution is -2.25. The van der Waals surface area contributed by atoms with Crippen molar-refractivity contribution in [3.05, 3.63) is 23.8 Å². The third-order valence-corrected chi connectivity index (χ3v) is 3.94. The average Bonchev–Trinajstić information content (AvgIpc) is 2.36. The summed E-state index contributed by atoms with van der Waals surface area (Å²) < 4.78 is 31.7. The molecule has 0 aromatic heterocycles. The molecular weight excluding hydrogens is 252 g/mol. The Kier molecular flexibility index (Phi) is 5.58. The molecule has 0 heterocycles. The highest BCUT2D eigenvalue weighted by atomic mass is 32.2. The van der Waals surface area contributed by atoms with Gasteiger partial charge in [0.05, 0.1) is 7.11 Å². The second-order valence-electron chi connectivity index (χ2n) is 3.91. The second kappa shape index (κ2) is 6.72. The molecule has 0 aliphatic rings. The topological polar surface area (TPSA) is 67.4 Å². The van der Waals surface area contributed by atoms with Crippen LogP contribution in [0.2, 0.25) is 0 Å². The third-order valence-electron chi connectivity index (χ3n) is 2.44. The maximum Gasteiger partial charge on any atom is 0.244 e. The monoisotopic (exact) mass is 272 g/mol. The Morgan fingerprint density at radius 2 is 2.06 bits per heavy atom. The van der Waals surface area contributed by atoms with Gasteiger partial charge in [0, 0.05) is 13.1 Å². The van der Waals surface area contributed by atoms with E-state index in [9.17, 15) is 8.42 Å². The van der Waals surface area contributed by atoms with E-state index in [-0.39, 0.29) is 4.90 Å². The van der Waals surface area contributed by atoms with Crippen molar-refractivity contribution < 1.29 is 13.2 Å². The molecule has 0 spiro atoms. The molecule has 1 aromatic carbocycles. The summed E-state index contributed by atoms with van der Waals surface area (Å²) >= 11 is 0. The zero-order chi connectivity index (χ0) is 13.6. The van der Waals surface area contributed by atoms with Crippen LogP contribution in [0.1, 0.15) is 18.9 Å². The molecule has 1 rings (SSSR count). The molecule has 5 nitrogen and oxygen atoms in total. The number of nitrogens with one attached hydrogen (secondary N) is 2. The van der Waals surface area contributed by atoms with Crippen molar-refractivity contribution in [3.63, 3.8) is 0 Å². The van der Waals surface area contributed by atoms with Crippen molar-refractivity contribution >= 4 is 10.0 Å². The van der Waals surface area contributed by atoms with Crippen molar-refractivity contribution in [1.82, 2.24) is 10.0 Å². The third kappa shape index (κ3) is 3.69. The van der Waals surface area contributed by atoms with E-state index in [0.29, 0.717) is 18.8 Å². The summed E-state index contributed by atoms with van der Waals surface area (Å²) in [6.07, 6.45) is 0.749. The van der Waals surface area contributed by atoms with Gasteiger partial charge < -0.3 is 10.1 Å². The van der Waals surface area contributed by atoms with Crippen LogP contribution in [0, 0.1) is 0 Å². The first-order chi connectivity index (χ1) is 8.55. The molecule has 0 fully saturated rings. The van der Waals surface area contributed by atoms with Gasteiger partial charge in [-0.2, -0.15) is 0 Å². The Hall–Kier alpha value is -1.11. The smallest absolute Gasteiger partial charge is 0.244 e. The Morgan fingerprint density at radius 1 is 1.33 bits per heavy atom.